The van der Waals surface area contributed by atoms with E-state index in [1.165, 1.54) is 109 Å². The number of rotatable bonds is 3. The van der Waals surface area contributed by atoms with Crippen LogP contribution in [0.15, 0.2) is 97.1 Å². The largest absolute Gasteiger partial charge is 0.139 e. The van der Waals surface area contributed by atoms with Crippen molar-refractivity contribution >= 4 is 139 Å². The van der Waals surface area contributed by atoms with E-state index >= 15 is 0 Å². The van der Waals surface area contributed by atoms with Crippen LogP contribution in [-0.4, -0.2) is 62.8 Å². The number of benzene rings is 7. The summed E-state index contributed by atoms with van der Waals surface area (Å²) in [4.78, 5) is 0. The highest BCUT2D eigenvalue weighted by Gasteiger charge is 2.24. The molecule has 0 saturated carbocycles. The summed E-state index contributed by atoms with van der Waals surface area (Å²) in [7, 11) is 18.5. The molecular weight excluding hydrogens is 519 g/mol. The highest BCUT2D eigenvalue weighted by atomic mass is 14.2. The summed E-state index contributed by atoms with van der Waals surface area (Å²) in [5.41, 5.74) is 18.9. The van der Waals surface area contributed by atoms with Gasteiger partial charge in [0.25, 0.3) is 0 Å². The zero-order chi connectivity index (χ0) is 30.9. The van der Waals surface area contributed by atoms with Crippen molar-refractivity contribution in [2.45, 2.75) is 0 Å². The molecule has 0 aromatic heterocycles. The average Bonchev–Trinajstić information content (AvgIpc) is 3.06. The van der Waals surface area contributed by atoms with E-state index in [1.807, 2.05) is 0 Å². The maximum absolute atomic E-state index is 2.36. The molecule has 0 unspecified atom stereocenters. The van der Waals surface area contributed by atoms with Gasteiger partial charge in [-0.2, -0.15) is 0 Å². The first kappa shape index (κ1) is 28.6. The predicted molar refractivity (Wildman–Crippen MR) is 221 cm³/mol. The second-order valence-corrected chi connectivity index (χ2v) is 12.8. The van der Waals surface area contributed by atoms with E-state index < -0.39 is 0 Å². The minimum absolute atomic E-state index is 1.24. The summed E-state index contributed by atoms with van der Waals surface area (Å²) in [6.45, 7) is 0. The maximum atomic E-state index is 2.36. The molecule has 0 aliphatic rings. The van der Waals surface area contributed by atoms with Gasteiger partial charge in [-0.15, -0.1) is 21.9 Å². The third-order valence-corrected chi connectivity index (χ3v) is 10.7. The highest BCUT2D eigenvalue weighted by Crippen LogP contribution is 2.41. The van der Waals surface area contributed by atoms with Crippen molar-refractivity contribution in [3.05, 3.63) is 97.1 Å². The fraction of sp³-hybridized carbons (Fsp3) is 0. The van der Waals surface area contributed by atoms with Gasteiger partial charge in [0.05, 0.1) is 0 Å². The first-order chi connectivity index (χ1) is 21.2. The Hall–Kier alpha value is -4.16. The summed E-state index contributed by atoms with van der Waals surface area (Å²) in [5, 5.41) is 8.11. The lowest BCUT2D eigenvalue weighted by molar-refractivity contribution is 1.63. The van der Waals surface area contributed by atoms with E-state index in [1.54, 1.807) is 0 Å². The van der Waals surface area contributed by atoms with Crippen molar-refractivity contribution in [2.24, 2.45) is 0 Å². The minimum atomic E-state index is 1.24. The summed E-state index contributed by atoms with van der Waals surface area (Å²) < 4.78 is 0. The van der Waals surface area contributed by atoms with E-state index in [9.17, 15) is 0 Å². The lowest BCUT2D eigenvalue weighted by atomic mass is 9.59. The number of hydrogen-bond acceptors (Lipinski definition) is 0. The Morgan fingerprint density at radius 2 is 0.636 bits per heavy atom. The van der Waals surface area contributed by atoms with Crippen LogP contribution in [0.25, 0.3) is 65.7 Å². The fourth-order valence-corrected chi connectivity index (χ4v) is 7.51. The van der Waals surface area contributed by atoms with E-state index in [2.05, 4.69) is 160 Å². The van der Waals surface area contributed by atoms with Crippen molar-refractivity contribution < 1.29 is 0 Å². The molecule has 0 heterocycles. The van der Waals surface area contributed by atoms with Gasteiger partial charge in [-0.3, -0.25) is 0 Å². The Kier molecular flexibility index (Phi) is 7.00. The molecule has 8 heteroatoms. The zero-order valence-electron chi connectivity index (χ0n) is 27.2. The van der Waals surface area contributed by atoms with Crippen molar-refractivity contribution in [1.29, 1.82) is 0 Å². The summed E-state index contributed by atoms with van der Waals surface area (Å²) in [6, 6.07) is 35.8. The van der Waals surface area contributed by atoms with Gasteiger partial charge in [0.1, 0.15) is 62.8 Å². The van der Waals surface area contributed by atoms with Gasteiger partial charge in [0.15, 0.2) is 0 Å². The van der Waals surface area contributed by atoms with Gasteiger partial charge in [-0.05, 0) is 71.8 Å². The molecule has 0 atom stereocenters. The molecule has 200 valence electrons. The van der Waals surface area contributed by atoms with Crippen LogP contribution in [0.1, 0.15) is 0 Å². The van der Waals surface area contributed by atoms with Crippen molar-refractivity contribution in [3.8, 4) is 33.4 Å². The molecule has 44 heavy (non-hydrogen) atoms. The van der Waals surface area contributed by atoms with E-state index in [0.717, 1.165) is 0 Å². The zero-order valence-corrected chi connectivity index (χ0v) is 27.2. The number of fused-ring (bicyclic) bond motifs is 3. The van der Waals surface area contributed by atoms with Gasteiger partial charge in [-0.1, -0.05) is 113 Å². The molecule has 0 saturated heterocycles. The smallest absolute Gasteiger partial charge is 0.101 e. The first-order valence-electron chi connectivity index (χ1n) is 15.8. The molecule has 0 radical (unpaired) electrons. The summed E-state index contributed by atoms with van der Waals surface area (Å²) in [6.07, 6.45) is 0. The van der Waals surface area contributed by atoms with Crippen molar-refractivity contribution in [2.75, 3.05) is 0 Å². The number of hydrogen-bond donors (Lipinski definition) is 0. The summed E-state index contributed by atoms with van der Waals surface area (Å²) >= 11 is 0. The summed E-state index contributed by atoms with van der Waals surface area (Å²) in [5.74, 6) is 0. The Morgan fingerprint density at radius 1 is 0.273 bits per heavy atom. The van der Waals surface area contributed by atoms with Crippen LogP contribution >= 0.6 is 0 Å². The predicted octanol–water partition coefficient (Wildman–Crippen LogP) is -3.79. The fourth-order valence-electron chi connectivity index (χ4n) is 7.51. The van der Waals surface area contributed by atoms with Gasteiger partial charge in [-0.25, -0.2) is 0 Å². The quantitative estimate of drug-likeness (QED) is 0.156. The van der Waals surface area contributed by atoms with Crippen LogP contribution in [0.5, 0.6) is 0 Å². The van der Waals surface area contributed by atoms with Crippen LogP contribution in [0, 0.1) is 0 Å². The van der Waals surface area contributed by atoms with Gasteiger partial charge >= 0.3 is 0 Å². The topological polar surface area (TPSA) is 0 Å². The molecule has 0 fully saturated rings. The van der Waals surface area contributed by atoms with Crippen LogP contribution in [-0.2, 0) is 0 Å². The average molecular weight is 551 g/mol. The van der Waals surface area contributed by atoms with Crippen molar-refractivity contribution in [3.63, 3.8) is 0 Å². The third kappa shape index (κ3) is 4.26. The second kappa shape index (κ2) is 10.8. The lowest BCUT2D eigenvalue weighted by Crippen LogP contribution is -2.50. The van der Waals surface area contributed by atoms with Crippen LogP contribution in [0.2, 0.25) is 0 Å². The SMILES string of the molecule is Bc1c(B)c(B)c2c(-c3ccc(-c4ccc5ccccc5c4)cc3)c3c(B)c(B)c(B)c(B)c3c(-c3ccccc3)c2c1B. The molecular formula is C36H32B8. The normalized spacial score (nSPS) is 11.5. The molecule has 0 aliphatic heterocycles. The molecule has 7 rings (SSSR count). The maximum Gasteiger partial charge on any atom is 0.139 e. The van der Waals surface area contributed by atoms with E-state index in [0.29, 0.717) is 0 Å². The van der Waals surface area contributed by atoms with Gasteiger partial charge < -0.3 is 0 Å². The molecule has 0 bridgehead atoms. The Morgan fingerprint density at radius 3 is 1.11 bits per heavy atom. The molecule has 0 aliphatic carbocycles. The lowest BCUT2D eigenvalue weighted by Gasteiger charge is -2.28. The Labute approximate surface area is 268 Å². The van der Waals surface area contributed by atoms with Crippen LogP contribution < -0.4 is 43.7 Å². The van der Waals surface area contributed by atoms with Gasteiger partial charge in [0.2, 0.25) is 0 Å². The Balaban J connectivity index is 1.63. The monoisotopic (exact) mass is 552 g/mol. The Bertz CT molecular complexity index is 2210. The molecule has 7 aromatic rings. The van der Waals surface area contributed by atoms with Crippen LogP contribution in [0.3, 0.4) is 0 Å². The minimum Gasteiger partial charge on any atom is -0.101 e. The third-order valence-electron chi connectivity index (χ3n) is 10.7. The second-order valence-electron chi connectivity index (χ2n) is 12.8. The van der Waals surface area contributed by atoms with Gasteiger partial charge in [0, 0.05) is 0 Å². The molecule has 7 aromatic carbocycles. The van der Waals surface area contributed by atoms with Crippen molar-refractivity contribution in [1.82, 2.24) is 0 Å². The van der Waals surface area contributed by atoms with E-state index in [4.69, 9.17) is 0 Å². The standard InChI is InChI=1S/C36H32B8/c37-29-25-23(19-7-2-1-3-8-19)26-28(32(40)36(44)34(42)30(26)38)24(27(25)31(39)35(43)33(29)41)20-13-10-18(11-14-20)22-15-12-17-6-4-5-9-21(17)16-22/h1-16H,37-44H2. The van der Waals surface area contributed by atoms with E-state index in [-0.39, 0.29) is 0 Å². The van der Waals surface area contributed by atoms with Crippen LogP contribution in [0.4, 0.5) is 0 Å². The first-order valence-corrected chi connectivity index (χ1v) is 15.8. The molecule has 0 nitrogen and oxygen atoms in total. The molecule has 0 N–H and O–H groups in total. The highest BCUT2D eigenvalue weighted by molar-refractivity contribution is 6.71. The molecule has 0 spiro atoms. The molecule has 0 amide bonds.